The lowest BCUT2D eigenvalue weighted by molar-refractivity contribution is -0.174. The molecular weight excluding hydrogens is 362 g/mol. The first kappa shape index (κ1) is 20.5. The summed E-state index contributed by atoms with van der Waals surface area (Å²) in [6.45, 7) is 5.24. The first-order valence-corrected chi connectivity index (χ1v) is 11.0. The number of ether oxygens (including phenoxy) is 3. The van der Waals surface area contributed by atoms with Crippen LogP contribution >= 0.6 is 0 Å². The molecule has 0 aliphatic carbocycles. The smallest absolute Gasteiger partial charge is 0.168 e. The van der Waals surface area contributed by atoms with E-state index < -0.39 is 5.79 Å². The summed E-state index contributed by atoms with van der Waals surface area (Å²) >= 11 is 0. The Morgan fingerprint density at radius 1 is 0.931 bits per heavy atom. The van der Waals surface area contributed by atoms with Crippen LogP contribution in [0.2, 0.25) is 0 Å². The predicted molar refractivity (Wildman–Crippen MR) is 114 cm³/mol. The molecule has 0 spiro atoms. The number of hydrogen-bond donors (Lipinski definition) is 0. The lowest BCUT2D eigenvalue weighted by atomic mass is 10.0. The molecule has 0 radical (unpaired) electrons. The van der Waals surface area contributed by atoms with E-state index in [4.69, 9.17) is 14.2 Å². The third-order valence-corrected chi connectivity index (χ3v) is 6.11. The van der Waals surface area contributed by atoms with Gasteiger partial charge in [0.25, 0.3) is 0 Å². The lowest BCUT2D eigenvalue weighted by Crippen LogP contribution is -2.36. The zero-order valence-corrected chi connectivity index (χ0v) is 17.5. The summed E-state index contributed by atoms with van der Waals surface area (Å²) in [7, 11) is 0. The topological polar surface area (TPSA) is 30.9 Å². The molecule has 0 saturated carbocycles. The normalized spacial score (nSPS) is 24.2. The van der Waals surface area contributed by atoms with Crippen molar-refractivity contribution in [2.75, 3.05) is 19.8 Å². The van der Waals surface area contributed by atoms with Crippen LogP contribution in [-0.2, 0) is 20.8 Å². The van der Waals surface area contributed by atoms with Crippen molar-refractivity contribution < 1.29 is 14.2 Å². The van der Waals surface area contributed by atoms with Gasteiger partial charge >= 0.3 is 0 Å². The lowest BCUT2D eigenvalue weighted by Gasteiger charge is -2.32. The van der Waals surface area contributed by atoms with Gasteiger partial charge < -0.3 is 14.2 Å². The van der Waals surface area contributed by atoms with E-state index >= 15 is 0 Å². The van der Waals surface area contributed by atoms with Gasteiger partial charge in [-0.2, -0.15) is 0 Å². The second-order valence-electron chi connectivity index (χ2n) is 8.12. The van der Waals surface area contributed by atoms with Crippen molar-refractivity contribution in [2.45, 2.75) is 63.6 Å². The number of hydrogen-bond acceptors (Lipinski definition) is 4. The van der Waals surface area contributed by atoms with E-state index in [9.17, 15) is 0 Å². The molecule has 2 aliphatic rings. The van der Waals surface area contributed by atoms with Crippen LogP contribution in [0.5, 0.6) is 0 Å². The molecule has 2 saturated heterocycles. The highest BCUT2D eigenvalue weighted by molar-refractivity contribution is 5.21. The maximum Gasteiger partial charge on any atom is 0.168 e. The van der Waals surface area contributed by atoms with Crippen molar-refractivity contribution >= 4 is 0 Å². The highest BCUT2D eigenvalue weighted by atomic mass is 16.7. The van der Waals surface area contributed by atoms with Crippen LogP contribution in [0, 0.1) is 0 Å². The number of unbranched alkanes of at least 4 members (excludes halogenated alkanes) is 1. The summed E-state index contributed by atoms with van der Waals surface area (Å²) < 4.78 is 18.5. The highest BCUT2D eigenvalue weighted by Crippen LogP contribution is 2.37. The van der Waals surface area contributed by atoms with Crippen molar-refractivity contribution in [3.05, 3.63) is 71.8 Å². The molecule has 2 heterocycles. The first-order valence-electron chi connectivity index (χ1n) is 11.0. The maximum absolute atomic E-state index is 6.33. The van der Waals surface area contributed by atoms with Crippen molar-refractivity contribution in [3.63, 3.8) is 0 Å². The number of benzene rings is 2. The van der Waals surface area contributed by atoms with Gasteiger partial charge in [0.2, 0.25) is 0 Å². The Morgan fingerprint density at radius 3 is 2.31 bits per heavy atom. The van der Waals surface area contributed by atoms with Crippen LogP contribution in [-0.4, -0.2) is 36.7 Å². The Labute approximate surface area is 174 Å². The Bertz CT molecular complexity index is 730. The van der Waals surface area contributed by atoms with Gasteiger partial charge in [0, 0.05) is 19.4 Å². The minimum Gasteiger partial charge on any atom is -0.361 e. The zero-order valence-electron chi connectivity index (χ0n) is 17.5. The van der Waals surface area contributed by atoms with Crippen LogP contribution in [0.3, 0.4) is 0 Å². The Morgan fingerprint density at radius 2 is 1.62 bits per heavy atom. The minimum atomic E-state index is -0.414. The quantitative estimate of drug-likeness (QED) is 0.576. The van der Waals surface area contributed by atoms with Crippen molar-refractivity contribution in [1.29, 1.82) is 0 Å². The van der Waals surface area contributed by atoms with Crippen LogP contribution in [0.1, 0.15) is 56.2 Å². The average Bonchev–Trinajstić information content (AvgIpc) is 3.40. The van der Waals surface area contributed by atoms with E-state index in [1.165, 1.54) is 11.1 Å². The molecule has 2 fully saturated rings. The molecule has 4 nitrogen and oxygen atoms in total. The summed E-state index contributed by atoms with van der Waals surface area (Å²) in [4.78, 5) is 2.51. The third-order valence-electron chi connectivity index (χ3n) is 6.11. The summed E-state index contributed by atoms with van der Waals surface area (Å²) in [6.07, 6.45) is 5.13. The van der Waals surface area contributed by atoms with E-state index in [1.807, 2.05) is 0 Å². The van der Waals surface area contributed by atoms with Crippen LogP contribution < -0.4 is 0 Å². The SMILES string of the molecule is CCCCC1(CC[C@H]2OC[C@@H](c3ccccc3)N2Cc2ccccc2)OCCO1. The molecule has 0 unspecified atom stereocenters. The predicted octanol–water partition coefficient (Wildman–Crippen LogP) is 5.30. The molecule has 0 aromatic heterocycles. The van der Waals surface area contributed by atoms with Crippen molar-refractivity contribution in [3.8, 4) is 0 Å². The van der Waals surface area contributed by atoms with Crippen LogP contribution in [0.25, 0.3) is 0 Å². The van der Waals surface area contributed by atoms with Crippen LogP contribution in [0.15, 0.2) is 60.7 Å². The monoisotopic (exact) mass is 395 g/mol. The fourth-order valence-corrected chi connectivity index (χ4v) is 4.51. The molecule has 4 rings (SSSR count). The van der Waals surface area contributed by atoms with Gasteiger partial charge in [-0.15, -0.1) is 0 Å². The molecule has 2 atom stereocenters. The Hall–Kier alpha value is -1.72. The first-order chi connectivity index (χ1) is 14.3. The Kier molecular flexibility index (Phi) is 6.98. The van der Waals surface area contributed by atoms with Gasteiger partial charge in [-0.3, -0.25) is 4.90 Å². The van der Waals surface area contributed by atoms with Gasteiger partial charge in [0.1, 0.15) is 6.23 Å². The van der Waals surface area contributed by atoms with E-state index in [0.29, 0.717) is 13.2 Å². The van der Waals surface area contributed by atoms with Crippen LogP contribution in [0.4, 0.5) is 0 Å². The third kappa shape index (κ3) is 5.07. The molecule has 0 amide bonds. The molecule has 29 heavy (non-hydrogen) atoms. The number of nitrogens with zero attached hydrogens (tertiary/aromatic N) is 1. The standard InChI is InChI=1S/C25H33NO3/c1-2-3-15-25(28-17-18-29-25)16-14-24-26(19-21-10-6-4-7-11-21)23(20-27-24)22-12-8-5-9-13-22/h4-13,23-24H,2-3,14-20H2,1H3/t23-,24+/m0/s1. The summed E-state index contributed by atoms with van der Waals surface area (Å²) in [6, 6.07) is 21.7. The highest BCUT2D eigenvalue weighted by Gasteiger charge is 2.40. The molecule has 156 valence electrons. The molecule has 2 aromatic rings. The molecular formula is C25H33NO3. The zero-order chi connectivity index (χ0) is 19.9. The minimum absolute atomic E-state index is 0.0757. The van der Waals surface area contributed by atoms with Gasteiger partial charge in [0.15, 0.2) is 5.79 Å². The molecule has 4 heteroatoms. The fraction of sp³-hybridized carbons (Fsp3) is 0.520. The van der Waals surface area contributed by atoms with E-state index in [1.54, 1.807) is 0 Å². The summed E-state index contributed by atoms with van der Waals surface area (Å²) in [5, 5.41) is 0. The van der Waals surface area contributed by atoms with Crippen molar-refractivity contribution in [2.24, 2.45) is 0 Å². The Balaban J connectivity index is 1.48. The van der Waals surface area contributed by atoms with Gasteiger partial charge in [-0.25, -0.2) is 0 Å². The van der Waals surface area contributed by atoms with E-state index in [0.717, 1.165) is 45.3 Å². The second kappa shape index (κ2) is 9.86. The molecule has 2 aromatic carbocycles. The van der Waals surface area contributed by atoms with Gasteiger partial charge in [0.05, 0.1) is 25.9 Å². The molecule has 2 aliphatic heterocycles. The average molecular weight is 396 g/mol. The summed E-state index contributed by atoms with van der Waals surface area (Å²) in [5.41, 5.74) is 2.64. The van der Waals surface area contributed by atoms with Crippen molar-refractivity contribution in [1.82, 2.24) is 4.90 Å². The van der Waals surface area contributed by atoms with Gasteiger partial charge in [-0.1, -0.05) is 74.0 Å². The van der Waals surface area contributed by atoms with E-state index in [2.05, 4.69) is 72.5 Å². The summed E-state index contributed by atoms with van der Waals surface area (Å²) in [5.74, 6) is -0.414. The molecule has 0 N–H and O–H groups in total. The largest absolute Gasteiger partial charge is 0.361 e. The van der Waals surface area contributed by atoms with Gasteiger partial charge in [-0.05, 0) is 24.0 Å². The maximum atomic E-state index is 6.33. The second-order valence-corrected chi connectivity index (χ2v) is 8.12. The fourth-order valence-electron chi connectivity index (χ4n) is 4.51. The van der Waals surface area contributed by atoms with E-state index in [-0.39, 0.29) is 12.3 Å². The number of rotatable bonds is 9. The molecule has 0 bridgehead atoms.